The summed E-state index contributed by atoms with van der Waals surface area (Å²) in [5.41, 5.74) is 7.51. The van der Waals surface area contributed by atoms with Gasteiger partial charge in [-0.05, 0) is 24.6 Å². The zero-order chi connectivity index (χ0) is 5.98. The number of hydrogen-bond acceptors (Lipinski definition) is 1. The lowest BCUT2D eigenvalue weighted by Gasteiger charge is -1.91. The quantitative estimate of drug-likeness (QED) is 0.505. The molecule has 0 heterocycles. The molecule has 0 radical (unpaired) electrons. The molecular formula is C7H11N. The summed E-state index contributed by atoms with van der Waals surface area (Å²) in [6.45, 7) is 2.02. The highest BCUT2D eigenvalue weighted by atomic mass is 14.5. The number of aryl methyl sites for hydroxylation is 1. The van der Waals surface area contributed by atoms with Crippen LogP contribution in [0.1, 0.15) is 6.99 Å². The van der Waals surface area contributed by atoms with Gasteiger partial charge in [0.15, 0.2) is 0 Å². The van der Waals surface area contributed by atoms with Gasteiger partial charge in [-0.25, -0.2) is 0 Å². The van der Waals surface area contributed by atoms with E-state index in [9.17, 15) is 0 Å². The van der Waals surface area contributed by atoms with Gasteiger partial charge in [-0.3, -0.25) is 0 Å². The Balaban J connectivity index is 0.000000640. The summed E-state index contributed by atoms with van der Waals surface area (Å²) in [4.78, 5) is 0. The first-order chi connectivity index (χ1) is 3.79. The normalized spacial score (nSPS) is 9.12. The van der Waals surface area contributed by atoms with Gasteiger partial charge in [0, 0.05) is 7.11 Å². The standard InChI is InChI=1S/C7H9N.H2/c1-6-3-2-4-7(8)5-6;/h2-5H,8H2,1H3;1H. The zero-order valence-electron chi connectivity index (χ0n) is 4.89. The monoisotopic (exact) mass is 109 g/mol. The molecule has 0 aliphatic carbocycles. The van der Waals surface area contributed by atoms with E-state index in [-0.39, 0.29) is 1.43 Å². The third kappa shape index (κ3) is 0.997. The number of nitrogens with two attached hydrogens (primary N) is 1. The summed E-state index contributed by atoms with van der Waals surface area (Å²) in [6, 6.07) is 7.80. The highest BCUT2D eigenvalue weighted by molar-refractivity contribution is 5.39. The average molecular weight is 109 g/mol. The molecule has 0 spiro atoms. The van der Waals surface area contributed by atoms with Gasteiger partial charge < -0.3 is 5.73 Å². The van der Waals surface area contributed by atoms with Crippen molar-refractivity contribution in [2.24, 2.45) is 0 Å². The minimum Gasteiger partial charge on any atom is -0.399 e. The first-order valence-electron chi connectivity index (χ1n) is 2.61. The molecule has 1 aromatic carbocycles. The van der Waals surface area contributed by atoms with E-state index >= 15 is 0 Å². The van der Waals surface area contributed by atoms with Crippen LogP contribution in [0.5, 0.6) is 0 Å². The minimum absolute atomic E-state index is 0. The second-order valence-corrected chi connectivity index (χ2v) is 1.91. The third-order valence-electron chi connectivity index (χ3n) is 1.04. The van der Waals surface area contributed by atoms with Crippen molar-refractivity contribution in [3.05, 3.63) is 29.8 Å². The second kappa shape index (κ2) is 1.86. The van der Waals surface area contributed by atoms with E-state index < -0.39 is 0 Å². The first kappa shape index (κ1) is 5.16. The Labute approximate surface area is 50.6 Å². The van der Waals surface area contributed by atoms with Crippen molar-refractivity contribution >= 4 is 5.69 Å². The fourth-order valence-electron chi connectivity index (χ4n) is 0.670. The Morgan fingerprint density at radius 1 is 1.50 bits per heavy atom. The van der Waals surface area contributed by atoms with Crippen LogP contribution >= 0.6 is 0 Å². The molecule has 0 aromatic heterocycles. The molecule has 1 aromatic rings. The van der Waals surface area contributed by atoms with Crippen LogP contribution in [0.4, 0.5) is 5.69 Å². The molecule has 0 bridgehead atoms. The highest BCUT2D eigenvalue weighted by Gasteiger charge is 1.81. The van der Waals surface area contributed by atoms with Gasteiger partial charge in [0.2, 0.25) is 0 Å². The summed E-state index contributed by atoms with van der Waals surface area (Å²) >= 11 is 0. The van der Waals surface area contributed by atoms with E-state index in [0.29, 0.717) is 0 Å². The molecule has 0 aliphatic rings. The van der Waals surface area contributed by atoms with Crippen molar-refractivity contribution in [3.63, 3.8) is 0 Å². The lowest BCUT2D eigenvalue weighted by Crippen LogP contribution is -1.82. The summed E-state index contributed by atoms with van der Waals surface area (Å²) in [5, 5.41) is 0. The van der Waals surface area contributed by atoms with E-state index in [4.69, 9.17) is 5.73 Å². The largest absolute Gasteiger partial charge is 0.399 e. The number of hydrogen-bond donors (Lipinski definition) is 1. The molecule has 8 heavy (non-hydrogen) atoms. The summed E-state index contributed by atoms with van der Waals surface area (Å²) < 4.78 is 0. The van der Waals surface area contributed by atoms with Crippen LogP contribution in [0.2, 0.25) is 0 Å². The molecule has 0 aliphatic heterocycles. The zero-order valence-corrected chi connectivity index (χ0v) is 4.89. The molecule has 0 saturated heterocycles. The molecule has 0 fully saturated rings. The van der Waals surface area contributed by atoms with Crippen LogP contribution in [0.25, 0.3) is 0 Å². The number of rotatable bonds is 0. The number of nitrogen functional groups attached to an aromatic ring is 1. The molecule has 0 atom stereocenters. The molecule has 1 heteroatoms. The van der Waals surface area contributed by atoms with Gasteiger partial charge in [-0.2, -0.15) is 0 Å². The van der Waals surface area contributed by atoms with Crippen molar-refractivity contribution < 1.29 is 1.43 Å². The van der Waals surface area contributed by atoms with Crippen molar-refractivity contribution in [3.8, 4) is 0 Å². The third-order valence-corrected chi connectivity index (χ3v) is 1.04. The number of anilines is 1. The van der Waals surface area contributed by atoms with Gasteiger partial charge >= 0.3 is 0 Å². The minimum atomic E-state index is 0. The van der Waals surface area contributed by atoms with Crippen molar-refractivity contribution in [1.82, 2.24) is 0 Å². The average Bonchev–Trinajstić information content (AvgIpc) is 1.64. The fraction of sp³-hybridized carbons (Fsp3) is 0.143. The smallest absolute Gasteiger partial charge is 0.0316 e. The lowest BCUT2D eigenvalue weighted by molar-refractivity contribution is 1.47. The van der Waals surface area contributed by atoms with Crippen molar-refractivity contribution in [1.29, 1.82) is 0 Å². The van der Waals surface area contributed by atoms with Crippen LogP contribution in [-0.2, 0) is 0 Å². The summed E-state index contributed by atoms with van der Waals surface area (Å²) in [5.74, 6) is 0. The van der Waals surface area contributed by atoms with Gasteiger partial charge in [0.05, 0.1) is 0 Å². The SMILES string of the molecule is Cc1cccc(N)c1.[HH]. The van der Waals surface area contributed by atoms with E-state index in [1.807, 2.05) is 31.2 Å². The van der Waals surface area contributed by atoms with Crippen LogP contribution in [0, 0.1) is 6.92 Å². The van der Waals surface area contributed by atoms with Crippen LogP contribution in [0.15, 0.2) is 24.3 Å². The van der Waals surface area contributed by atoms with E-state index in [1.54, 1.807) is 0 Å². The molecule has 1 rings (SSSR count). The Kier molecular flexibility index (Phi) is 1.20. The van der Waals surface area contributed by atoms with Crippen LogP contribution < -0.4 is 5.73 Å². The Morgan fingerprint density at radius 2 is 2.25 bits per heavy atom. The summed E-state index contributed by atoms with van der Waals surface area (Å²) in [6.07, 6.45) is 0. The summed E-state index contributed by atoms with van der Waals surface area (Å²) in [7, 11) is 0. The highest BCUT2D eigenvalue weighted by Crippen LogP contribution is 2.03. The predicted octanol–water partition coefficient (Wildman–Crippen LogP) is 1.82. The molecule has 1 nitrogen and oxygen atoms in total. The number of benzene rings is 1. The molecular weight excluding hydrogens is 98.1 g/mol. The van der Waals surface area contributed by atoms with Crippen molar-refractivity contribution in [2.75, 3.05) is 5.73 Å². The van der Waals surface area contributed by atoms with E-state index in [1.165, 1.54) is 5.56 Å². The molecule has 0 unspecified atom stereocenters. The van der Waals surface area contributed by atoms with Crippen LogP contribution in [-0.4, -0.2) is 0 Å². The van der Waals surface area contributed by atoms with Crippen LogP contribution in [0.3, 0.4) is 0 Å². The maximum atomic E-state index is 5.46. The molecule has 0 amide bonds. The maximum Gasteiger partial charge on any atom is 0.0316 e. The molecule has 44 valence electrons. The van der Waals surface area contributed by atoms with E-state index in [2.05, 4.69) is 0 Å². The van der Waals surface area contributed by atoms with E-state index in [0.717, 1.165) is 5.69 Å². The topological polar surface area (TPSA) is 26.0 Å². The van der Waals surface area contributed by atoms with Crippen molar-refractivity contribution in [2.45, 2.75) is 6.92 Å². The Hall–Kier alpha value is -0.980. The van der Waals surface area contributed by atoms with Gasteiger partial charge in [-0.15, -0.1) is 0 Å². The van der Waals surface area contributed by atoms with Gasteiger partial charge in [-0.1, -0.05) is 12.1 Å². The maximum absolute atomic E-state index is 5.46. The van der Waals surface area contributed by atoms with Gasteiger partial charge in [0.25, 0.3) is 0 Å². The second-order valence-electron chi connectivity index (χ2n) is 1.91. The fourth-order valence-corrected chi connectivity index (χ4v) is 0.670. The Bertz CT molecular complexity index is 169. The predicted molar refractivity (Wildman–Crippen MR) is 37.7 cm³/mol. The Morgan fingerprint density at radius 3 is 2.62 bits per heavy atom. The molecule has 0 saturated carbocycles. The molecule has 2 N–H and O–H groups in total. The lowest BCUT2D eigenvalue weighted by atomic mass is 10.2. The first-order valence-corrected chi connectivity index (χ1v) is 2.61. The van der Waals surface area contributed by atoms with Gasteiger partial charge in [0.1, 0.15) is 0 Å².